The molecule has 0 radical (unpaired) electrons. The molecule has 1 atom stereocenters. The first-order valence-corrected chi connectivity index (χ1v) is 3.57. The first kappa shape index (κ1) is 9.06. The Kier molecular flexibility index (Phi) is 2.70. The van der Waals surface area contributed by atoms with Crippen LogP contribution in [0.25, 0.3) is 0 Å². The minimum Gasteiger partial charge on any atom is -0.319 e. The first-order valence-electron chi connectivity index (χ1n) is 3.57. The van der Waals surface area contributed by atoms with E-state index in [1.165, 1.54) is 6.20 Å². The number of halogens is 2. The lowest BCUT2D eigenvalue weighted by molar-refractivity contribution is 0.116. The van der Waals surface area contributed by atoms with E-state index in [2.05, 4.69) is 4.98 Å². The van der Waals surface area contributed by atoms with Crippen LogP contribution in [0, 0.1) is 6.92 Å². The largest absolute Gasteiger partial charge is 0.319 e. The minimum absolute atomic E-state index is 0.371. The molecule has 1 aromatic rings. The molecule has 0 aliphatic heterocycles. The summed E-state index contributed by atoms with van der Waals surface area (Å²) in [5.41, 5.74) is 6.36. The lowest BCUT2D eigenvalue weighted by atomic mass is 10.1. The van der Waals surface area contributed by atoms with Crippen molar-refractivity contribution < 1.29 is 8.78 Å². The van der Waals surface area contributed by atoms with Gasteiger partial charge in [0.1, 0.15) is 0 Å². The number of hydrogen-bond acceptors (Lipinski definition) is 2. The van der Waals surface area contributed by atoms with Gasteiger partial charge in [0.25, 0.3) is 6.43 Å². The number of aromatic nitrogens is 1. The molecule has 0 aliphatic rings. The Balaban J connectivity index is 2.82. The molecular weight excluding hydrogens is 162 g/mol. The average Bonchev–Trinajstić information content (AvgIpc) is 2.04. The normalized spacial score (nSPS) is 13.4. The Bertz CT molecular complexity index is 246. The van der Waals surface area contributed by atoms with Crippen molar-refractivity contribution in [3.8, 4) is 0 Å². The topological polar surface area (TPSA) is 38.9 Å². The highest BCUT2D eigenvalue weighted by atomic mass is 19.3. The second-order valence-corrected chi connectivity index (χ2v) is 2.59. The van der Waals surface area contributed by atoms with Gasteiger partial charge in [-0.25, -0.2) is 8.78 Å². The fourth-order valence-electron chi connectivity index (χ4n) is 0.822. The first-order chi connectivity index (χ1) is 5.61. The molecule has 0 bridgehead atoms. The fourth-order valence-corrected chi connectivity index (χ4v) is 0.822. The Hall–Kier alpha value is -1.03. The Morgan fingerprint density at radius 2 is 2.08 bits per heavy atom. The molecule has 0 aliphatic carbocycles. The van der Waals surface area contributed by atoms with Gasteiger partial charge in [0, 0.05) is 11.9 Å². The van der Waals surface area contributed by atoms with Gasteiger partial charge in [0.2, 0.25) is 0 Å². The van der Waals surface area contributed by atoms with E-state index in [1.54, 1.807) is 19.1 Å². The van der Waals surface area contributed by atoms with Gasteiger partial charge >= 0.3 is 0 Å². The van der Waals surface area contributed by atoms with Crippen LogP contribution < -0.4 is 5.73 Å². The van der Waals surface area contributed by atoms with Crippen LogP contribution in [0.4, 0.5) is 8.78 Å². The molecule has 12 heavy (non-hydrogen) atoms. The zero-order valence-corrected chi connectivity index (χ0v) is 6.67. The van der Waals surface area contributed by atoms with Crippen molar-refractivity contribution >= 4 is 0 Å². The number of pyridine rings is 1. The van der Waals surface area contributed by atoms with Crippen molar-refractivity contribution in [2.45, 2.75) is 19.4 Å². The van der Waals surface area contributed by atoms with E-state index in [-0.39, 0.29) is 0 Å². The van der Waals surface area contributed by atoms with Gasteiger partial charge in [0.15, 0.2) is 0 Å². The number of nitrogens with two attached hydrogens (primary N) is 1. The Morgan fingerprint density at radius 3 is 2.50 bits per heavy atom. The molecule has 1 heterocycles. The summed E-state index contributed by atoms with van der Waals surface area (Å²) >= 11 is 0. The zero-order chi connectivity index (χ0) is 9.14. The number of aryl methyl sites for hydroxylation is 1. The van der Waals surface area contributed by atoms with Crippen LogP contribution in [0.15, 0.2) is 18.3 Å². The van der Waals surface area contributed by atoms with Crippen molar-refractivity contribution in [1.29, 1.82) is 0 Å². The quantitative estimate of drug-likeness (QED) is 0.736. The SMILES string of the molecule is Cc1ccc(C(N)C(F)F)cn1. The molecular formula is C8H10F2N2. The molecule has 1 unspecified atom stereocenters. The maximum Gasteiger partial charge on any atom is 0.257 e. The summed E-state index contributed by atoms with van der Waals surface area (Å²) in [5, 5.41) is 0. The van der Waals surface area contributed by atoms with E-state index in [1.807, 2.05) is 0 Å². The van der Waals surface area contributed by atoms with E-state index >= 15 is 0 Å². The highest BCUT2D eigenvalue weighted by molar-refractivity contribution is 5.17. The third-order valence-electron chi connectivity index (χ3n) is 1.59. The van der Waals surface area contributed by atoms with Crippen LogP contribution in [-0.4, -0.2) is 11.4 Å². The van der Waals surface area contributed by atoms with Crippen LogP contribution in [0.3, 0.4) is 0 Å². The van der Waals surface area contributed by atoms with Crippen molar-refractivity contribution in [3.05, 3.63) is 29.6 Å². The van der Waals surface area contributed by atoms with Gasteiger partial charge < -0.3 is 5.73 Å². The lowest BCUT2D eigenvalue weighted by Crippen LogP contribution is -2.18. The summed E-state index contributed by atoms with van der Waals surface area (Å²) < 4.78 is 24.1. The molecule has 66 valence electrons. The Labute approximate surface area is 69.4 Å². The molecule has 0 saturated heterocycles. The highest BCUT2D eigenvalue weighted by Gasteiger charge is 2.16. The standard InChI is InChI=1S/C8H10F2N2/c1-5-2-3-6(4-12-5)7(11)8(9)10/h2-4,7-8H,11H2,1H3. The van der Waals surface area contributed by atoms with E-state index in [0.29, 0.717) is 5.56 Å². The average molecular weight is 172 g/mol. The van der Waals surface area contributed by atoms with Crippen LogP contribution >= 0.6 is 0 Å². The molecule has 0 fully saturated rings. The van der Waals surface area contributed by atoms with Crippen LogP contribution in [0.2, 0.25) is 0 Å². The van der Waals surface area contributed by atoms with Crippen molar-refractivity contribution in [3.63, 3.8) is 0 Å². The van der Waals surface area contributed by atoms with E-state index < -0.39 is 12.5 Å². The summed E-state index contributed by atoms with van der Waals surface area (Å²) in [5.74, 6) is 0. The monoisotopic (exact) mass is 172 g/mol. The fraction of sp³-hybridized carbons (Fsp3) is 0.375. The minimum atomic E-state index is -2.53. The van der Waals surface area contributed by atoms with Gasteiger partial charge in [-0.15, -0.1) is 0 Å². The highest BCUT2D eigenvalue weighted by Crippen LogP contribution is 2.16. The van der Waals surface area contributed by atoms with E-state index in [4.69, 9.17) is 5.73 Å². The van der Waals surface area contributed by atoms with Crippen molar-refractivity contribution in [2.24, 2.45) is 5.73 Å². The third-order valence-corrected chi connectivity index (χ3v) is 1.59. The second kappa shape index (κ2) is 3.58. The number of alkyl halides is 2. The third kappa shape index (κ3) is 1.98. The van der Waals surface area contributed by atoms with Crippen LogP contribution in [0.1, 0.15) is 17.3 Å². The molecule has 0 spiro atoms. The molecule has 0 aromatic carbocycles. The predicted octanol–water partition coefficient (Wildman–Crippen LogP) is 1.65. The van der Waals surface area contributed by atoms with Crippen LogP contribution in [-0.2, 0) is 0 Å². The predicted molar refractivity (Wildman–Crippen MR) is 41.9 cm³/mol. The lowest BCUT2D eigenvalue weighted by Gasteiger charge is -2.09. The Morgan fingerprint density at radius 1 is 1.42 bits per heavy atom. The summed E-state index contributed by atoms with van der Waals surface area (Å²) in [6.07, 6.45) is -1.15. The van der Waals surface area contributed by atoms with Crippen LogP contribution in [0.5, 0.6) is 0 Å². The summed E-state index contributed by atoms with van der Waals surface area (Å²) in [6.45, 7) is 1.79. The number of rotatable bonds is 2. The molecule has 4 heteroatoms. The van der Waals surface area contributed by atoms with Gasteiger partial charge in [-0.2, -0.15) is 0 Å². The van der Waals surface area contributed by atoms with Gasteiger partial charge in [0.05, 0.1) is 6.04 Å². The van der Waals surface area contributed by atoms with Gasteiger partial charge in [-0.3, -0.25) is 4.98 Å². The maximum absolute atomic E-state index is 12.1. The molecule has 1 aromatic heterocycles. The smallest absolute Gasteiger partial charge is 0.257 e. The number of hydrogen-bond donors (Lipinski definition) is 1. The summed E-state index contributed by atoms with van der Waals surface area (Å²) in [6, 6.07) is 2.01. The summed E-state index contributed by atoms with van der Waals surface area (Å²) in [4.78, 5) is 3.87. The molecule has 2 N–H and O–H groups in total. The summed E-state index contributed by atoms with van der Waals surface area (Å²) in [7, 11) is 0. The molecule has 0 amide bonds. The van der Waals surface area contributed by atoms with Gasteiger partial charge in [-0.1, -0.05) is 6.07 Å². The molecule has 1 rings (SSSR count). The molecule has 2 nitrogen and oxygen atoms in total. The zero-order valence-electron chi connectivity index (χ0n) is 6.67. The van der Waals surface area contributed by atoms with Crippen molar-refractivity contribution in [1.82, 2.24) is 4.98 Å². The van der Waals surface area contributed by atoms with E-state index in [0.717, 1.165) is 5.69 Å². The van der Waals surface area contributed by atoms with E-state index in [9.17, 15) is 8.78 Å². The maximum atomic E-state index is 12.1. The second-order valence-electron chi connectivity index (χ2n) is 2.59. The number of nitrogens with zero attached hydrogens (tertiary/aromatic N) is 1. The molecule has 0 saturated carbocycles. The van der Waals surface area contributed by atoms with Crippen molar-refractivity contribution in [2.75, 3.05) is 0 Å². The van der Waals surface area contributed by atoms with Gasteiger partial charge in [-0.05, 0) is 18.6 Å².